The normalized spacial score (nSPS) is 13.2. The van der Waals surface area contributed by atoms with Gasteiger partial charge < -0.3 is 25.2 Å². The Labute approximate surface area is 341 Å². The van der Waals surface area contributed by atoms with Crippen molar-refractivity contribution in [1.29, 1.82) is 0 Å². The summed E-state index contributed by atoms with van der Waals surface area (Å²) in [4.78, 5) is 65.9. The van der Waals surface area contributed by atoms with E-state index in [0.717, 1.165) is 41.5 Å². The van der Waals surface area contributed by atoms with Gasteiger partial charge in [-0.25, -0.2) is 14.4 Å². The molecule has 3 N–H and O–H groups in total. The van der Waals surface area contributed by atoms with Crippen LogP contribution in [-0.2, 0) is 28.7 Å². The second-order valence-electron chi connectivity index (χ2n) is 16.3. The van der Waals surface area contributed by atoms with Crippen LogP contribution in [0, 0.1) is 0 Å². The molecule has 0 aromatic heterocycles. The topological polar surface area (TPSA) is 151 Å². The van der Waals surface area contributed by atoms with Gasteiger partial charge in [-0.3, -0.25) is 14.5 Å². The predicted molar refractivity (Wildman–Crippen MR) is 224 cm³/mol. The van der Waals surface area contributed by atoms with Gasteiger partial charge in [-0.15, -0.1) is 0 Å². The minimum Gasteiger partial charge on any atom is -0.480 e. The molecule has 3 amide bonds. The van der Waals surface area contributed by atoms with Gasteiger partial charge >= 0.3 is 18.0 Å². The first kappa shape index (κ1) is 47.0. The van der Waals surface area contributed by atoms with E-state index in [2.05, 4.69) is 17.6 Å². The molecule has 1 aliphatic carbocycles. The number of hydrogen-bond donors (Lipinski definition) is 3. The summed E-state index contributed by atoms with van der Waals surface area (Å²) in [6.45, 7) is 7.80. The number of unbranched alkanes of at least 4 members (excludes halogenated alkanes) is 13. The van der Waals surface area contributed by atoms with Gasteiger partial charge in [0.25, 0.3) is 0 Å². The van der Waals surface area contributed by atoms with Gasteiger partial charge in [0.2, 0.25) is 11.8 Å². The van der Waals surface area contributed by atoms with E-state index < -0.39 is 41.8 Å². The first-order valence-corrected chi connectivity index (χ1v) is 21.4. The number of amides is 3. The van der Waals surface area contributed by atoms with Gasteiger partial charge in [0.1, 0.15) is 17.7 Å². The van der Waals surface area contributed by atoms with Crippen LogP contribution in [0.2, 0.25) is 0 Å². The zero-order valence-corrected chi connectivity index (χ0v) is 35.2. The number of carboxylic acid groups (broad SMARTS) is 1. The summed E-state index contributed by atoms with van der Waals surface area (Å²) in [6.07, 6.45) is 16.4. The van der Waals surface area contributed by atoms with Crippen LogP contribution in [-0.4, -0.2) is 71.2 Å². The van der Waals surface area contributed by atoms with Crippen molar-refractivity contribution in [2.75, 3.05) is 13.7 Å². The summed E-state index contributed by atoms with van der Waals surface area (Å²) in [5.74, 6) is -2.24. The summed E-state index contributed by atoms with van der Waals surface area (Å²) in [5, 5.41) is 16.0. The highest BCUT2D eigenvalue weighted by Gasteiger charge is 2.42. The number of carbonyl (C=O) groups is 5. The van der Waals surface area contributed by atoms with Crippen LogP contribution >= 0.6 is 0 Å². The molecular formula is C46H69N3O8. The number of nitrogens with one attached hydrogen (secondary N) is 2. The largest absolute Gasteiger partial charge is 0.480 e. The van der Waals surface area contributed by atoms with E-state index in [1.807, 2.05) is 48.5 Å². The Morgan fingerprint density at radius 2 is 1.23 bits per heavy atom. The fraction of sp³-hybridized carbons (Fsp3) is 0.630. The molecule has 0 aliphatic heterocycles. The van der Waals surface area contributed by atoms with Crippen LogP contribution < -0.4 is 10.6 Å². The van der Waals surface area contributed by atoms with Gasteiger partial charge in [-0.2, -0.15) is 0 Å². The number of nitrogens with zero attached hydrogens (tertiary/aromatic N) is 1. The summed E-state index contributed by atoms with van der Waals surface area (Å²) in [5.41, 5.74) is 2.81. The average Bonchev–Trinajstić information content (AvgIpc) is 3.50. The molecule has 11 nitrogen and oxygen atoms in total. The van der Waals surface area contributed by atoms with Crippen LogP contribution in [0.3, 0.4) is 0 Å². The minimum absolute atomic E-state index is 0.00268. The molecule has 2 aromatic carbocycles. The highest BCUT2D eigenvalue weighted by Crippen LogP contribution is 2.47. The average molecular weight is 792 g/mol. The summed E-state index contributed by atoms with van der Waals surface area (Å²) < 4.78 is 10.7. The molecule has 2 aromatic rings. The highest BCUT2D eigenvalue weighted by atomic mass is 16.6. The molecule has 0 saturated heterocycles. The number of methoxy groups -OCH3 is 1. The second-order valence-corrected chi connectivity index (χ2v) is 16.3. The summed E-state index contributed by atoms with van der Waals surface area (Å²) >= 11 is 0. The van der Waals surface area contributed by atoms with Crippen molar-refractivity contribution in [3.63, 3.8) is 0 Å². The van der Waals surface area contributed by atoms with Crippen LogP contribution in [0.5, 0.6) is 0 Å². The van der Waals surface area contributed by atoms with Crippen molar-refractivity contribution in [2.24, 2.45) is 0 Å². The van der Waals surface area contributed by atoms with Gasteiger partial charge in [0.15, 0.2) is 0 Å². The van der Waals surface area contributed by atoms with Crippen molar-refractivity contribution < 1.29 is 38.6 Å². The van der Waals surface area contributed by atoms with E-state index >= 15 is 0 Å². The number of rotatable bonds is 27. The number of carboxylic acids is 1. The molecule has 57 heavy (non-hydrogen) atoms. The molecular weight excluding hydrogens is 723 g/mol. The SMILES string of the molecule is CCCCCCCCCCCCCCCC(=O)N[C@@H](CCC(=O)NCCCC[C@@H](C(=O)O)N(C(=O)OC)C1c2ccccc2-c2ccccc21)C(=O)OC(C)(C)C. The zero-order valence-electron chi connectivity index (χ0n) is 35.2. The van der Waals surface area contributed by atoms with Crippen molar-refractivity contribution >= 4 is 29.8 Å². The molecule has 3 rings (SSSR count). The lowest BCUT2D eigenvalue weighted by Gasteiger charge is -2.34. The Morgan fingerprint density at radius 3 is 1.74 bits per heavy atom. The van der Waals surface area contributed by atoms with Gasteiger partial charge in [0, 0.05) is 19.4 Å². The Bertz CT molecular complexity index is 1530. The first-order valence-electron chi connectivity index (χ1n) is 21.4. The lowest BCUT2D eigenvalue weighted by Crippen LogP contribution is -2.47. The van der Waals surface area contributed by atoms with Crippen molar-refractivity contribution in [1.82, 2.24) is 15.5 Å². The molecule has 0 unspecified atom stereocenters. The maximum Gasteiger partial charge on any atom is 0.411 e. The maximum atomic E-state index is 13.2. The monoisotopic (exact) mass is 792 g/mol. The molecule has 0 spiro atoms. The van der Waals surface area contributed by atoms with Crippen molar-refractivity contribution in [3.05, 3.63) is 59.7 Å². The van der Waals surface area contributed by atoms with E-state index in [9.17, 15) is 29.1 Å². The van der Waals surface area contributed by atoms with Crippen LogP contribution in [0.25, 0.3) is 11.1 Å². The number of fused-ring (bicyclic) bond motifs is 3. The molecule has 0 bridgehead atoms. The Kier molecular flexibility index (Phi) is 20.6. The van der Waals surface area contributed by atoms with Gasteiger partial charge in [0.05, 0.1) is 13.2 Å². The van der Waals surface area contributed by atoms with Crippen LogP contribution in [0.4, 0.5) is 4.79 Å². The standard InChI is InChI=1S/C46H69N3O8/c1-6-7-8-9-10-11-12-13-14-15-16-17-18-30-41(51)48-38(44(54)57-46(2,3)4)31-32-40(50)47-33-24-23-29-39(43(52)53)49(45(55)56-5)42-36-27-21-19-25-34(36)35-26-20-22-28-37(35)42/h19-22,25-28,38-39,42H,6-18,23-24,29-33H2,1-5H3,(H,47,50)(H,48,51)(H,52,53)/t38-,39-/m0/s1. The molecule has 0 saturated carbocycles. The predicted octanol–water partition coefficient (Wildman–Crippen LogP) is 9.65. The Hall–Kier alpha value is -4.41. The first-order chi connectivity index (χ1) is 27.4. The molecule has 0 radical (unpaired) electrons. The van der Waals surface area contributed by atoms with E-state index in [1.165, 1.54) is 76.2 Å². The number of carbonyl (C=O) groups excluding carboxylic acids is 4. The lowest BCUT2D eigenvalue weighted by molar-refractivity contribution is -0.159. The van der Waals surface area contributed by atoms with Crippen molar-refractivity contribution in [2.45, 2.75) is 173 Å². The van der Waals surface area contributed by atoms with Gasteiger partial charge in [-0.05, 0) is 75.1 Å². The number of aliphatic carboxylic acids is 1. The molecule has 0 fully saturated rings. The van der Waals surface area contributed by atoms with E-state index in [0.29, 0.717) is 19.3 Å². The summed E-state index contributed by atoms with van der Waals surface area (Å²) in [7, 11) is 1.25. The zero-order chi connectivity index (χ0) is 41.6. The number of benzene rings is 2. The van der Waals surface area contributed by atoms with E-state index in [-0.39, 0.29) is 37.6 Å². The molecule has 2 atom stereocenters. The van der Waals surface area contributed by atoms with Gasteiger partial charge in [-0.1, -0.05) is 133 Å². The van der Waals surface area contributed by atoms with Crippen LogP contribution in [0.1, 0.15) is 167 Å². The molecule has 0 heterocycles. The van der Waals surface area contributed by atoms with Crippen LogP contribution in [0.15, 0.2) is 48.5 Å². The Morgan fingerprint density at radius 1 is 0.702 bits per heavy atom. The van der Waals surface area contributed by atoms with E-state index in [1.54, 1.807) is 20.8 Å². The second kappa shape index (κ2) is 25.1. The third kappa shape index (κ3) is 16.2. The maximum absolute atomic E-state index is 13.2. The van der Waals surface area contributed by atoms with E-state index in [4.69, 9.17) is 9.47 Å². The molecule has 11 heteroatoms. The number of esters is 1. The third-order valence-electron chi connectivity index (χ3n) is 10.5. The molecule has 316 valence electrons. The fourth-order valence-corrected chi connectivity index (χ4v) is 7.57. The quantitative estimate of drug-likeness (QED) is 0.0598. The number of hydrogen-bond acceptors (Lipinski definition) is 7. The fourth-order valence-electron chi connectivity index (χ4n) is 7.57. The van der Waals surface area contributed by atoms with Crippen molar-refractivity contribution in [3.8, 4) is 11.1 Å². The lowest BCUT2D eigenvalue weighted by atomic mass is 9.99. The highest BCUT2D eigenvalue weighted by molar-refractivity contribution is 5.86. The smallest absolute Gasteiger partial charge is 0.411 e. The minimum atomic E-state index is -1.17. The number of ether oxygens (including phenoxy) is 2. The Balaban J connectivity index is 1.43. The molecule has 1 aliphatic rings. The third-order valence-corrected chi connectivity index (χ3v) is 10.5. The summed E-state index contributed by atoms with van der Waals surface area (Å²) in [6, 6.07) is 12.6.